The summed E-state index contributed by atoms with van der Waals surface area (Å²) in [6.45, 7) is 1.59. The van der Waals surface area contributed by atoms with Crippen molar-refractivity contribution in [2.24, 2.45) is 0 Å². The van der Waals surface area contributed by atoms with Crippen molar-refractivity contribution < 1.29 is 9.47 Å². The zero-order chi connectivity index (χ0) is 14.8. The molecule has 0 aromatic rings. The molecule has 0 aromatic carbocycles. The van der Waals surface area contributed by atoms with Gasteiger partial charge >= 0.3 is 0 Å². The summed E-state index contributed by atoms with van der Waals surface area (Å²) in [6.07, 6.45) is 12.6. The maximum absolute atomic E-state index is 5.86. The minimum atomic E-state index is -0.203. The molecule has 2 aliphatic heterocycles. The van der Waals surface area contributed by atoms with E-state index in [-0.39, 0.29) is 5.79 Å². The van der Waals surface area contributed by atoms with Gasteiger partial charge in [0.05, 0.1) is 13.2 Å². The van der Waals surface area contributed by atoms with E-state index >= 15 is 0 Å². The Morgan fingerprint density at radius 1 is 0.591 bits per heavy atom. The van der Waals surface area contributed by atoms with E-state index in [1.165, 1.54) is 62.9 Å². The molecule has 0 atom stereocenters. The van der Waals surface area contributed by atoms with Gasteiger partial charge in [0.2, 0.25) is 0 Å². The van der Waals surface area contributed by atoms with Gasteiger partial charge in [0.15, 0.2) is 5.79 Å². The second-order valence-electron chi connectivity index (χ2n) is 7.13. The second-order valence-corrected chi connectivity index (χ2v) is 8.36. The minimum absolute atomic E-state index is 0.203. The van der Waals surface area contributed by atoms with Crippen molar-refractivity contribution in [3.63, 3.8) is 0 Å². The molecule has 4 rings (SSSR count). The Bertz CT molecular complexity index is 454. The summed E-state index contributed by atoms with van der Waals surface area (Å²) < 4.78 is 11.7. The van der Waals surface area contributed by atoms with Gasteiger partial charge < -0.3 is 9.47 Å². The highest BCUT2D eigenvalue weighted by molar-refractivity contribution is 7.99. The molecule has 3 heteroatoms. The van der Waals surface area contributed by atoms with E-state index in [1.54, 1.807) is 11.1 Å². The van der Waals surface area contributed by atoms with E-state index in [1.807, 2.05) is 11.1 Å². The van der Waals surface area contributed by atoms with Crippen LogP contribution in [0.1, 0.15) is 64.2 Å². The van der Waals surface area contributed by atoms with Crippen molar-refractivity contribution in [1.29, 1.82) is 0 Å². The van der Waals surface area contributed by atoms with Crippen LogP contribution in [0.2, 0.25) is 0 Å². The predicted molar refractivity (Wildman–Crippen MR) is 92.2 cm³/mol. The quantitative estimate of drug-likeness (QED) is 0.585. The predicted octanol–water partition coefficient (Wildman–Crippen LogP) is 5.00. The fourth-order valence-electron chi connectivity index (χ4n) is 4.60. The minimum Gasteiger partial charge on any atom is -0.348 e. The zero-order valence-corrected chi connectivity index (χ0v) is 14.4. The van der Waals surface area contributed by atoms with Crippen molar-refractivity contribution in [2.75, 3.05) is 24.7 Å². The van der Waals surface area contributed by atoms with E-state index in [0.29, 0.717) is 0 Å². The molecule has 0 N–H and O–H groups in total. The molecule has 2 heterocycles. The Morgan fingerprint density at radius 3 is 1.59 bits per heavy atom. The Hall–Kier alpha value is -0.250. The van der Waals surface area contributed by atoms with Crippen LogP contribution in [-0.4, -0.2) is 30.5 Å². The Balaban J connectivity index is 1.37. The third-order valence-electron chi connectivity index (χ3n) is 5.98. The van der Waals surface area contributed by atoms with Crippen LogP contribution in [0.25, 0.3) is 0 Å². The molecule has 0 radical (unpaired) electrons. The fraction of sp³-hybridized carbons (Fsp3) is 0.789. The largest absolute Gasteiger partial charge is 0.348 e. The zero-order valence-electron chi connectivity index (χ0n) is 13.6. The topological polar surface area (TPSA) is 18.5 Å². The van der Waals surface area contributed by atoms with E-state index in [2.05, 4.69) is 11.8 Å². The highest BCUT2D eigenvalue weighted by atomic mass is 32.2. The third kappa shape index (κ3) is 3.18. The van der Waals surface area contributed by atoms with Crippen molar-refractivity contribution in [2.45, 2.75) is 70.0 Å². The Kier molecular flexibility index (Phi) is 4.66. The average molecular weight is 320 g/mol. The lowest BCUT2D eigenvalue weighted by Gasteiger charge is -2.34. The molecule has 4 aliphatic rings. The first-order valence-corrected chi connectivity index (χ1v) is 10.3. The highest BCUT2D eigenvalue weighted by Crippen LogP contribution is 2.42. The van der Waals surface area contributed by atoms with Crippen LogP contribution >= 0.6 is 11.8 Å². The molecule has 0 amide bonds. The monoisotopic (exact) mass is 320 g/mol. The van der Waals surface area contributed by atoms with Crippen LogP contribution in [0.3, 0.4) is 0 Å². The van der Waals surface area contributed by atoms with Gasteiger partial charge in [0, 0.05) is 12.8 Å². The van der Waals surface area contributed by atoms with Gasteiger partial charge in [-0.1, -0.05) is 22.3 Å². The van der Waals surface area contributed by atoms with E-state index in [0.717, 1.165) is 26.1 Å². The SMILES string of the molecule is C1COC2(CCC(=C3CCC(=C4CCSCC4)CC3)CC2)O1. The van der Waals surface area contributed by atoms with Crippen molar-refractivity contribution in [3.8, 4) is 0 Å². The summed E-state index contributed by atoms with van der Waals surface area (Å²) in [6, 6.07) is 0. The molecular weight excluding hydrogens is 292 g/mol. The van der Waals surface area contributed by atoms with Crippen LogP contribution in [0.4, 0.5) is 0 Å². The number of hydrogen-bond acceptors (Lipinski definition) is 3. The van der Waals surface area contributed by atoms with Gasteiger partial charge in [-0.15, -0.1) is 0 Å². The molecule has 0 unspecified atom stereocenters. The van der Waals surface area contributed by atoms with Gasteiger partial charge in [-0.25, -0.2) is 0 Å². The van der Waals surface area contributed by atoms with Crippen molar-refractivity contribution in [1.82, 2.24) is 0 Å². The van der Waals surface area contributed by atoms with Crippen molar-refractivity contribution >= 4 is 11.8 Å². The van der Waals surface area contributed by atoms with E-state index < -0.39 is 0 Å². The Labute approximate surface area is 138 Å². The number of ether oxygens (including phenoxy) is 2. The lowest BCUT2D eigenvalue weighted by Crippen LogP contribution is -2.33. The summed E-state index contributed by atoms with van der Waals surface area (Å²) in [5.41, 5.74) is 7.16. The maximum Gasteiger partial charge on any atom is 0.169 e. The van der Waals surface area contributed by atoms with Crippen LogP contribution in [0.5, 0.6) is 0 Å². The first-order chi connectivity index (χ1) is 10.8. The molecule has 2 saturated heterocycles. The molecular formula is C19H28O2S. The summed E-state index contributed by atoms with van der Waals surface area (Å²) in [5.74, 6) is 2.51. The average Bonchev–Trinajstić information content (AvgIpc) is 3.05. The third-order valence-corrected chi connectivity index (χ3v) is 6.97. The maximum atomic E-state index is 5.86. The number of hydrogen-bond donors (Lipinski definition) is 0. The van der Waals surface area contributed by atoms with Crippen molar-refractivity contribution in [3.05, 3.63) is 22.3 Å². The first-order valence-electron chi connectivity index (χ1n) is 9.10. The lowest BCUT2D eigenvalue weighted by molar-refractivity contribution is -0.171. The molecule has 0 aromatic heterocycles. The van der Waals surface area contributed by atoms with E-state index in [4.69, 9.17) is 9.47 Å². The van der Waals surface area contributed by atoms with Gasteiger partial charge in [-0.2, -0.15) is 11.8 Å². The van der Waals surface area contributed by atoms with Gasteiger partial charge in [-0.05, 0) is 62.9 Å². The molecule has 0 bridgehead atoms. The number of allylic oxidation sites excluding steroid dienone is 4. The van der Waals surface area contributed by atoms with Gasteiger partial charge in [0.25, 0.3) is 0 Å². The fourth-order valence-corrected chi connectivity index (χ4v) is 5.59. The molecule has 2 aliphatic carbocycles. The summed E-state index contributed by atoms with van der Waals surface area (Å²) >= 11 is 2.13. The lowest BCUT2D eigenvalue weighted by atomic mass is 9.79. The smallest absolute Gasteiger partial charge is 0.169 e. The second kappa shape index (κ2) is 6.70. The summed E-state index contributed by atoms with van der Waals surface area (Å²) in [7, 11) is 0. The summed E-state index contributed by atoms with van der Waals surface area (Å²) in [4.78, 5) is 0. The Morgan fingerprint density at radius 2 is 1.05 bits per heavy atom. The standard InChI is InChI=1S/C19H28O2S/c1-3-16(18-7-13-22-14-8-18)4-2-15(1)17-5-9-19(10-6-17)20-11-12-21-19/h1-14H2. The number of thioether (sulfide) groups is 1. The molecule has 2 nitrogen and oxygen atoms in total. The summed E-state index contributed by atoms with van der Waals surface area (Å²) in [5, 5.41) is 0. The van der Waals surface area contributed by atoms with Crippen LogP contribution in [-0.2, 0) is 9.47 Å². The molecule has 1 spiro atoms. The van der Waals surface area contributed by atoms with Gasteiger partial charge in [-0.3, -0.25) is 0 Å². The normalized spacial score (nSPS) is 29.5. The van der Waals surface area contributed by atoms with Crippen LogP contribution in [0, 0.1) is 0 Å². The number of rotatable bonds is 0. The van der Waals surface area contributed by atoms with Crippen LogP contribution in [0.15, 0.2) is 22.3 Å². The first kappa shape index (κ1) is 15.3. The van der Waals surface area contributed by atoms with E-state index in [9.17, 15) is 0 Å². The van der Waals surface area contributed by atoms with Gasteiger partial charge in [0.1, 0.15) is 0 Å². The molecule has 22 heavy (non-hydrogen) atoms. The highest BCUT2D eigenvalue weighted by Gasteiger charge is 2.39. The molecule has 122 valence electrons. The van der Waals surface area contributed by atoms with Crippen LogP contribution < -0.4 is 0 Å². The molecule has 2 saturated carbocycles. The molecule has 4 fully saturated rings.